The number of amides is 1. The molecule has 1 heterocycles. The molecule has 0 aliphatic heterocycles. The summed E-state index contributed by atoms with van der Waals surface area (Å²) in [6.45, 7) is 0. The Kier molecular flexibility index (Phi) is 6.92. The van der Waals surface area contributed by atoms with Gasteiger partial charge in [0.05, 0.1) is 5.69 Å². The number of carbonyl (C=O) groups excluding carboxylic acids is 1. The third kappa shape index (κ3) is 5.85. The SMILES string of the molecule is N=C(CCSCc1csc(N=C(N)N)n1)N(N)C(=O)c1ccccc1. The number of hydrazine groups is 1. The third-order valence-electron chi connectivity index (χ3n) is 3.03. The molecule has 0 aliphatic carbocycles. The van der Waals surface area contributed by atoms with Gasteiger partial charge in [0, 0.05) is 28.9 Å². The highest BCUT2D eigenvalue weighted by Crippen LogP contribution is 2.22. The van der Waals surface area contributed by atoms with Gasteiger partial charge in [0.1, 0.15) is 5.84 Å². The van der Waals surface area contributed by atoms with E-state index in [0.717, 1.165) is 10.7 Å². The average molecular weight is 377 g/mol. The molecule has 0 spiro atoms. The molecule has 0 atom stereocenters. The number of aromatic nitrogens is 1. The summed E-state index contributed by atoms with van der Waals surface area (Å²) in [5.74, 6) is 6.71. The van der Waals surface area contributed by atoms with Crippen LogP contribution in [0.15, 0.2) is 40.7 Å². The number of nitrogens with zero attached hydrogens (tertiary/aromatic N) is 3. The monoisotopic (exact) mass is 377 g/mol. The van der Waals surface area contributed by atoms with Gasteiger partial charge in [-0.2, -0.15) is 16.8 Å². The number of nitrogens with two attached hydrogens (primary N) is 3. The largest absolute Gasteiger partial charge is 0.370 e. The summed E-state index contributed by atoms with van der Waals surface area (Å²) in [6.07, 6.45) is 0.380. The first-order valence-corrected chi connectivity index (χ1v) is 9.34. The molecule has 10 heteroatoms. The van der Waals surface area contributed by atoms with Crippen LogP contribution in [0.5, 0.6) is 0 Å². The van der Waals surface area contributed by atoms with Gasteiger partial charge in [-0.05, 0) is 12.1 Å². The van der Waals surface area contributed by atoms with Crippen molar-refractivity contribution in [2.75, 3.05) is 5.75 Å². The lowest BCUT2D eigenvalue weighted by atomic mass is 10.2. The van der Waals surface area contributed by atoms with Gasteiger partial charge in [0.2, 0.25) is 5.13 Å². The first-order chi connectivity index (χ1) is 12.0. The van der Waals surface area contributed by atoms with Crippen molar-refractivity contribution in [1.82, 2.24) is 9.99 Å². The highest BCUT2D eigenvalue weighted by molar-refractivity contribution is 7.98. The Bertz CT molecular complexity index is 756. The summed E-state index contributed by atoms with van der Waals surface area (Å²) in [7, 11) is 0. The third-order valence-corrected chi connectivity index (χ3v) is 4.80. The van der Waals surface area contributed by atoms with Crippen molar-refractivity contribution < 1.29 is 4.79 Å². The van der Waals surface area contributed by atoms with Crippen LogP contribution in [0.3, 0.4) is 0 Å². The quantitative estimate of drug-likeness (QED) is 0.144. The number of aliphatic imine (C=N–C) groups is 1. The molecule has 1 amide bonds. The average Bonchev–Trinajstić information content (AvgIpc) is 3.04. The first kappa shape index (κ1) is 18.9. The number of nitrogens with one attached hydrogen (secondary N) is 1. The van der Waals surface area contributed by atoms with E-state index in [1.165, 1.54) is 11.3 Å². The molecule has 0 saturated heterocycles. The van der Waals surface area contributed by atoms with Crippen molar-refractivity contribution in [1.29, 1.82) is 5.41 Å². The summed E-state index contributed by atoms with van der Waals surface area (Å²) in [5, 5.41) is 11.2. The van der Waals surface area contributed by atoms with E-state index < -0.39 is 5.91 Å². The van der Waals surface area contributed by atoms with Crippen LogP contribution in [0.4, 0.5) is 5.13 Å². The molecule has 2 rings (SSSR count). The number of guanidine groups is 1. The standard InChI is InChI=1S/C15H19N7OS2/c16-12(22(19)13(23)10-4-2-1-3-5-10)6-7-24-8-11-9-25-15(20-11)21-14(17)18/h1-5,9,16H,6-8,19H2,(H4,17,18,20,21). The maximum absolute atomic E-state index is 12.1. The maximum atomic E-state index is 12.1. The first-order valence-electron chi connectivity index (χ1n) is 7.30. The molecule has 0 saturated carbocycles. The van der Waals surface area contributed by atoms with Crippen LogP contribution < -0.4 is 17.3 Å². The predicted octanol–water partition coefficient (Wildman–Crippen LogP) is 1.66. The predicted molar refractivity (Wildman–Crippen MR) is 103 cm³/mol. The maximum Gasteiger partial charge on any atom is 0.273 e. The molecular weight excluding hydrogens is 358 g/mol. The molecule has 132 valence electrons. The molecule has 0 fully saturated rings. The Hall–Kier alpha value is -2.43. The van der Waals surface area contributed by atoms with Gasteiger partial charge in [0.15, 0.2) is 5.96 Å². The Labute approximate surface area is 153 Å². The van der Waals surface area contributed by atoms with E-state index in [1.54, 1.807) is 36.0 Å². The Morgan fingerprint density at radius 1 is 1.32 bits per heavy atom. The van der Waals surface area contributed by atoms with E-state index in [0.29, 0.717) is 28.6 Å². The molecular formula is C15H19N7OS2. The van der Waals surface area contributed by atoms with E-state index in [9.17, 15) is 4.79 Å². The summed E-state index contributed by atoms with van der Waals surface area (Å²) in [6, 6.07) is 8.66. The molecule has 0 unspecified atom stereocenters. The van der Waals surface area contributed by atoms with Crippen molar-refractivity contribution in [3.8, 4) is 0 Å². The topological polar surface area (TPSA) is 147 Å². The highest BCUT2D eigenvalue weighted by atomic mass is 32.2. The van der Waals surface area contributed by atoms with Crippen LogP contribution in [-0.4, -0.2) is 33.4 Å². The fraction of sp³-hybridized carbons (Fsp3) is 0.200. The van der Waals surface area contributed by atoms with Gasteiger partial charge in [-0.15, -0.1) is 11.3 Å². The number of carbonyl (C=O) groups is 1. The highest BCUT2D eigenvalue weighted by Gasteiger charge is 2.16. The number of rotatable bonds is 7. The minimum atomic E-state index is -0.392. The Balaban J connectivity index is 1.75. The Morgan fingerprint density at radius 2 is 2.04 bits per heavy atom. The van der Waals surface area contributed by atoms with Crippen LogP contribution >= 0.6 is 23.1 Å². The van der Waals surface area contributed by atoms with Crippen LogP contribution in [-0.2, 0) is 5.75 Å². The number of amidine groups is 1. The van der Waals surface area contributed by atoms with Gasteiger partial charge >= 0.3 is 0 Å². The lowest BCUT2D eigenvalue weighted by molar-refractivity contribution is 0.0844. The fourth-order valence-electron chi connectivity index (χ4n) is 1.83. The van der Waals surface area contributed by atoms with Crippen LogP contribution in [0, 0.1) is 5.41 Å². The number of thiazole rings is 1. The minimum Gasteiger partial charge on any atom is -0.370 e. The Morgan fingerprint density at radius 3 is 2.72 bits per heavy atom. The van der Waals surface area contributed by atoms with Crippen molar-refractivity contribution in [2.45, 2.75) is 12.2 Å². The summed E-state index contributed by atoms with van der Waals surface area (Å²) < 4.78 is 0. The van der Waals surface area contributed by atoms with Gasteiger partial charge in [-0.3, -0.25) is 10.2 Å². The molecule has 7 N–H and O–H groups in total. The zero-order valence-electron chi connectivity index (χ0n) is 13.4. The van der Waals surface area contributed by atoms with Crippen LogP contribution in [0.1, 0.15) is 22.5 Å². The zero-order chi connectivity index (χ0) is 18.2. The molecule has 8 nitrogen and oxygen atoms in total. The molecule has 0 radical (unpaired) electrons. The summed E-state index contributed by atoms with van der Waals surface area (Å²) in [4.78, 5) is 20.3. The minimum absolute atomic E-state index is 0.0203. The second-order valence-corrected chi connectivity index (χ2v) is 6.89. The van der Waals surface area contributed by atoms with Crippen LogP contribution in [0.25, 0.3) is 0 Å². The molecule has 0 bridgehead atoms. The van der Waals surface area contributed by atoms with Crippen molar-refractivity contribution in [3.63, 3.8) is 0 Å². The molecule has 1 aromatic heterocycles. The van der Waals surface area contributed by atoms with Crippen molar-refractivity contribution in [3.05, 3.63) is 47.0 Å². The second kappa shape index (κ2) is 9.16. The van der Waals surface area contributed by atoms with Gasteiger partial charge in [-0.25, -0.2) is 15.8 Å². The number of hydrogen-bond acceptors (Lipinski definition) is 7. The molecule has 1 aromatic carbocycles. The van der Waals surface area contributed by atoms with E-state index in [-0.39, 0.29) is 11.8 Å². The van der Waals surface area contributed by atoms with Crippen molar-refractivity contribution >= 4 is 45.9 Å². The van der Waals surface area contributed by atoms with Crippen LogP contribution in [0.2, 0.25) is 0 Å². The molecule has 25 heavy (non-hydrogen) atoms. The number of benzene rings is 1. The lowest BCUT2D eigenvalue weighted by Crippen LogP contribution is -2.42. The number of hydrogen-bond donors (Lipinski definition) is 4. The van der Waals surface area contributed by atoms with Gasteiger partial charge in [0.25, 0.3) is 5.91 Å². The normalized spacial score (nSPS) is 10.3. The van der Waals surface area contributed by atoms with Gasteiger partial charge in [-0.1, -0.05) is 18.2 Å². The van der Waals surface area contributed by atoms with Crippen molar-refractivity contribution in [2.24, 2.45) is 22.3 Å². The summed E-state index contributed by atoms with van der Waals surface area (Å²) >= 11 is 2.95. The zero-order valence-corrected chi connectivity index (χ0v) is 15.0. The van der Waals surface area contributed by atoms with E-state index in [1.807, 2.05) is 11.4 Å². The molecule has 2 aromatic rings. The summed E-state index contributed by atoms with van der Waals surface area (Å²) in [5.41, 5.74) is 11.9. The van der Waals surface area contributed by atoms with E-state index in [4.69, 9.17) is 22.7 Å². The molecule has 0 aliphatic rings. The second-order valence-electron chi connectivity index (χ2n) is 4.95. The number of thioether (sulfide) groups is 1. The van der Waals surface area contributed by atoms with E-state index >= 15 is 0 Å². The van der Waals surface area contributed by atoms with E-state index in [2.05, 4.69) is 9.98 Å². The lowest BCUT2D eigenvalue weighted by Gasteiger charge is -2.17. The smallest absolute Gasteiger partial charge is 0.273 e. The van der Waals surface area contributed by atoms with Gasteiger partial charge < -0.3 is 11.5 Å². The fourth-order valence-corrected chi connectivity index (χ4v) is 3.48.